The molecule has 0 aliphatic carbocycles. The maximum atomic E-state index is 13.6. The second-order valence-corrected chi connectivity index (χ2v) is 10.9. The number of aromatic amines is 1. The van der Waals surface area contributed by atoms with Crippen molar-refractivity contribution in [1.82, 2.24) is 30.8 Å². The number of carbonyl (C=O) groups excluding carboxylic acids is 3. The monoisotopic (exact) mass is 632 g/mol. The number of carboxylic acids is 1. The fraction of sp³-hybridized carbons (Fsp3) is 0.500. The highest BCUT2D eigenvalue weighted by Gasteiger charge is 2.30. The third-order valence-corrected chi connectivity index (χ3v) is 7.21. The number of hydrogen-bond acceptors (Lipinski definition) is 8. The van der Waals surface area contributed by atoms with E-state index in [1.165, 1.54) is 0 Å². The summed E-state index contributed by atoms with van der Waals surface area (Å²) in [4.78, 5) is 54.9. The van der Waals surface area contributed by atoms with E-state index < -0.39 is 47.9 Å². The van der Waals surface area contributed by atoms with E-state index in [1.807, 2.05) is 0 Å². The normalized spacial score (nSPS) is 13.6. The van der Waals surface area contributed by atoms with E-state index >= 15 is 0 Å². The Balaban J connectivity index is 2.21. The molecule has 1 heterocycles. The lowest BCUT2D eigenvalue weighted by atomic mass is 10.0. The van der Waals surface area contributed by atoms with Crippen molar-refractivity contribution in [2.75, 3.05) is 13.1 Å². The Hall–Kier alpha value is -4.28. The zero-order valence-corrected chi connectivity index (χ0v) is 25.6. The summed E-state index contributed by atoms with van der Waals surface area (Å²) in [6.07, 6.45) is 3.75. The average Bonchev–Trinajstić information content (AvgIpc) is 3.30. The molecule has 3 amide bonds. The van der Waals surface area contributed by atoms with Crippen LogP contribution < -0.4 is 38.5 Å². The second kappa shape index (κ2) is 18.4. The van der Waals surface area contributed by atoms with Crippen molar-refractivity contribution in [3.63, 3.8) is 0 Å². The van der Waals surface area contributed by atoms with E-state index in [9.17, 15) is 24.3 Å². The highest BCUT2D eigenvalue weighted by Crippen LogP contribution is 2.09. The highest BCUT2D eigenvalue weighted by molar-refractivity contribution is 7.71. The summed E-state index contributed by atoms with van der Waals surface area (Å²) in [7, 11) is 1.73. The molecule has 0 spiro atoms. The lowest BCUT2D eigenvalue weighted by Gasteiger charge is -2.25. The molecule has 13 N–H and O–H groups in total. The SMILES string of the molecule is Cn1cc(C[C@H](NC(=O)C(N)CCCNC(=N)N)C(=O)N[C@@H](CCCCN)C(=O)N[C@@H](Cc2ccccc2)C(=O)O)[nH]c1=S. The van der Waals surface area contributed by atoms with Crippen LogP contribution in [-0.2, 0) is 39.1 Å². The topological polar surface area (TPSA) is 259 Å². The summed E-state index contributed by atoms with van der Waals surface area (Å²) in [6.45, 7) is 0.724. The Kier molecular flexibility index (Phi) is 15.0. The number of unbranched alkanes of at least 4 members (excludes halogenated alkanes) is 1. The van der Waals surface area contributed by atoms with Gasteiger partial charge in [0.1, 0.15) is 18.1 Å². The van der Waals surface area contributed by atoms with E-state index in [-0.39, 0.29) is 31.6 Å². The second-order valence-electron chi connectivity index (χ2n) is 10.5. The molecule has 0 saturated heterocycles. The van der Waals surface area contributed by atoms with Crippen molar-refractivity contribution < 1.29 is 24.3 Å². The van der Waals surface area contributed by atoms with E-state index in [4.69, 9.17) is 34.8 Å². The van der Waals surface area contributed by atoms with Gasteiger partial charge in [0.25, 0.3) is 0 Å². The van der Waals surface area contributed by atoms with Crippen LogP contribution in [0.2, 0.25) is 0 Å². The molecule has 242 valence electrons. The Morgan fingerprint density at radius 3 is 2.18 bits per heavy atom. The summed E-state index contributed by atoms with van der Waals surface area (Å²) in [5, 5.41) is 27.6. The van der Waals surface area contributed by atoms with Crippen molar-refractivity contribution in [2.45, 2.75) is 69.1 Å². The number of nitrogens with zero attached hydrogens (tertiary/aromatic N) is 1. The van der Waals surface area contributed by atoms with Gasteiger partial charge < -0.3 is 53.1 Å². The summed E-state index contributed by atoms with van der Waals surface area (Å²) >= 11 is 5.23. The van der Waals surface area contributed by atoms with Crippen molar-refractivity contribution in [1.29, 1.82) is 5.41 Å². The van der Waals surface area contributed by atoms with Gasteiger partial charge in [0.2, 0.25) is 17.7 Å². The number of amides is 3. The molecule has 4 atom stereocenters. The quantitative estimate of drug-likeness (QED) is 0.0396. The molecule has 0 saturated carbocycles. The third-order valence-electron chi connectivity index (χ3n) is 6.82. The number of aryl methyl sites for hydroxylation is 1. The van der Waals surface area contributed by atoms with Gasteiger partial charge in [-0.25, -0.2) is 4.79 Å². The van der Waals surface area contributed by atoms with Crippen molar-refractivity contribution in [2.24, 2.45) is 24.2 Å². The minimum absolute atomic E-state index is 0.0174. The standard InChI is InChI=1S/C28H44N10O5S/c1-38-16-18(34-28(38)44)15-21(36-23(39)19(30)10-7-13-33-27(31)32)25(41)35-20(11-5-6-12-29)24(40)37-22(26(42)43)14-17-8-3-2-4-9-17/h2-4,8-9,16,19-22H,5-7,10-15,29-30H2,1H3,(H,34,44)(H,35,41)(H,36,39)(H,37,40)(H,42,43)(H4,31,32,33)/t19?,20-,21-,22-/m0/s1. The van der Waals surface area contributed by atoms with Gasteiger partial charge in [0.15, 0.2) is 10.7 Å². The number of guanidine groups is 1. The van der Waals surface area contributed by atoms with E-state index in [0.717, 1.165) is 5.56 Å². The Morgan fingerprint density at radius 2 is 1.59 bits per heavy atom. The average molecular weight is 633 g/mol. The number of hydrogen-bond donors (Lipinski definition) is 10. The van der Waals surface area contributed by atoms with E-state index in [1.54, 1.807) is 48.1 Å². The van der Waals surface area contributed by atoms with Crippen LogP contribution in [0.1, 0.15) is 43.4 Å². The van der Waals surface area contributed by atoms with Crippen LogP contribution >= 0.6 is 12.2 Å². The lowest BCUT2D eigenvalue weighted by molar-refractivity contribution is -0.142. The fourth-order valence-corrected chi connectivity index (χ4v) is 4.58. The van der Waals surface area contributed by atoms with Crippen molar-refractivity contribution in [3.05, 3.63) is 52.6 Å². The van der Waals surface area contributed by atoms with Crippen LogP contribution in [-0.4, -0.2) is 81.6 Å². The number of imidazole rings is 1. The number of aromatic nitrogens is 2. The zero-order chi connectivity index (χ0) is 32.6. The molecule has 0 aliphatic heterocycles. The molecule has 0 aliphatic rings. The number of nitrogens with two attached hydrogens (primary N) is 3. The zero-order valence-electron chi connectivity index (χ0n) is 24.8. The van der Waals surface area contributed by atoms with Gasteiger partial charge in [-0.3, -0.25) is 19.8 Å². The molecule has 1 unspecified atom stereocenters. The summed E-state index contributed by atoms with van der Waals surface area (Å²) in [5.41, 5.74) is 18.3. The molecule has 0 fully saturated rings. The Bertz CT molecular complexity index is 1320. The Morgan fingerprint density at radius 1 is 0.955 bits per heavy atom. The molecule has 0 bridgehead atoms. The van der Waals surface area contributed by atoms with Gasteiger partial charge >= 0.3 is 5.97 Å². The number of aliphatic carboxylic acids is 1. The molecule has 16 heteroatoms. The summed E-state index contributed by atoms with van der Waals surface area (Å²) in [5.74, 6) is -3.32. The largest absolute Gasteiger partial charge is 0.480 e. The van der Waals surface area contributed by atoms with Crippen LogP contribution in [0.4, 0.5) is 0 Å². The molecule has 44 heavy (non-hydrogen) atoms. The van der Waals surface area contributed by atoms with Gasteiger partial charge in [-0.2, -0.15) is 0 Å². The maximum Gasteiger partial charge on any atom is 0.326 e. The number of carbonyl (C=O) groups is 4. The number of benzene rings is 1. The fourth-order valence-electron chi connectivity index (χ4n) is 4.39. The van der Waals surface area contributed by atoms with Gasteiger partial charge in [0.05, 0.1) is 6.04 Å². The van der Waals surface area contributed by atoms with Gasteiger partial charge in [-0.05, 0) is 56.4 Å². The third kappa shape index (κ3) is 12.5. The van der Waals surface area contributed by atoms with Crippen LogP contribution in [0, 0.1) is 10.2 Å². The first-order chi connectivity index (χ1) is 20.9. The predicted octanol–water partition coefficient (Wildman–Crippen LogP) is -0.874. The van der Waals surface area contributed by atoms with Gasteiger partial charge in [0, 0.05) is 38.3 Å². The number of H-pyrrole nitrogens is 1. The summed E-state index contributed by atoms with van der Waals surface area (Å²) in [6, 6.07) is 4.46. The van der Waals surface area contributed by atoms with Crippen LogP contribution in [0.15, 0.2) is 36.5 Å². The van der Waals surface area contributed by atoms with Crippen molar-refractivity contribution >= 4 is 41.9 Å². The predicted molar refractivity (Wildman–Crippen MR) is 168 cm³/mol. The van der Waals surface area contributed by atoms with E-state index in [2.05, 4.69) is 26.3 Å². The van der Waals surface area contributed by atoms with Crippen LogP contribution in [0.25, 0.3) is 0 Å². The number of carboxylic acid groups (broad SMARTS) is 1. The van der Waals surface area contributed by atoms with Gasteiger partial charge in [-0.1, -0.05) is 30.3 Å². The molecule has 15 nitrogen and oxygen atoms in total. The lowest BCUT2D eigenvalue weighted by Crippen LogP contribution is -2.57. The molecule has 1 aromatic carbocycles. The van der Waals surface area contributed by atoms with E-state index in [0.29, 0.717) is 42.8 Å². The first-order valence-corrected chi connectivity index (χ1v) is 14.8. The molecular formula is C28H44N10O5S. The minimum Gasteiger partial charge on any atom is -0.480 e. The van der Waals surface area contributed by atoms with Crippen LogP contribution in [0.3, 0.4) is 0 Å². The first kappa shape index (κ1) is 35.9. The molecule has 1 aromatic heterocycles. The maximum absolute atomic E-state index is 13.6. The molecular weight excluding hydrogens is 588 g/mol. The number of nitrogens with one attached hydrogen (secondary N) is 6. The molecule has 0 radical (unpaired) electrons. The Labute approximate surface area is 261 Å². The van der Waals surface area contributed by atoms with Crippen molar-refractivity contribution in [3.8, 4) is 0 Å². The van der Waals surface area contributed by atoms with Crippen LogP contribution in [0.5, 0.6) is 0 Å². The molecule has 2 rings (SSSR count). The summed E-state index contributed by atoms with van der Waals surface area (Å²) < 4.78 is 2.06. The highest BCUT2D eigenvalue weighted by atomic mass is 32.1. The number of rotatable bonds is 19. The van der Waals surface area contributed by atoms with Gasteiger partial charge in [-0.15, -0.1) is 0 Å². The first-order valence-electron chi connectivity index (χ1n) is 14.4. The smallest absolute Gasteiger partial charge is 0.326 e. The molecule has 2 aromatic rings. The minimum atomic E-state index is -1.23.